The highest BCUT2D eigenvalue weighted by Gasteiger charge is 2.27. The number of hydrogen-bond acceptors (Lipinski definition) is 4. The van der Waals surface area contributed by atoms with Gasteiger partial charge in [0.1, 0.15) is 0 Å². The van der Waals surface area contributed by atoms with Crippen molar-refractivity contribution in [2.24, 2.45) is 0 Å². The smallest absolute Gasteiger partial charge is 0.307 e. The Morgan fingerprint density at radius 1 is 1.50 bits per heavy atom. The molecule has 100 valence electrons. The number of carbonyl (C=O) groups is 1. The molecule has 1 aliphatic heterocycles. The Morgan fingerprint density at radius 3 is 2.78 bits per heavy atom. The van der Waals surface area contributed by atoms with Crippen LogP contribution in [0.2, 0.25) is 0 Å². The lowest BCUT2D eigenvalue weighted by atomic mass is 10.1. The van der Waals surface area contributed by atoms with E-state index in [1.807, 2.05) is 13.0 Å². The zero-order chi connectivity index (χ0) is 13.0. The number of halogens is 1. The van der Waals surface area contributed by atoms with Gasteiger partial charge in [-0.15, -0.1) is 11.3 Å². The molecule has 0 N–H and O–H groups in total. The van der Waals surface area contributed by atoms with E-state index in [1.165, 1.54) is 17.7 Å². The molecule has 1 aromatic rings. The Hall–Kier alpha value is -0.390. The van der Waals surface area contributed by atoms with Crippen molar-refractivity contribution in [1.29, 1.82) is 0 Å². The Balaban J connectivity index is 2.09. The summed E-state index contributed by atoms with van der Waals surface area (Å²) in [5, 5.41) is 0. The average molecular weight is 332 g/mol. The molecule has 0 aliphatic carbocycles. The largest absolute Gasteiger partial charge is 0.466 e. The molecule has 1 unspecified atom stereocenters. The van der Waals surface area contributed by atoms with Crippen molar-refractivity contribution < 1.29 is 9.53 Å². The van der Waals surface area contributed by atoms with Crippen molar-refractivity contribution in [3.05, 3.63) is 20.8 Å². The molecule has 0 radical (unpaired) electrons. The van der Waals surface area contributed by atoms with Crippen molar-refractivity contribution in [2.45, 2.75) is 32.2 Å². The first-order chi connectivity index (χ1) is 8.70. The monoisotopic (exact) mass is 331 g/mol. The number of likely N-dealkylation sites (tertiary alicyclic amines) is 1. The van der Waals surface area contributed by atoms with E-state index in [0.717, 1.165) is 16.9 Å². The molecule has 1 fully saturated rings. The zero-order valence-electron chi connectivity index (χ0n) is 10.5. The second-order valence-electron chi connectivity index (χ2n) is 4.41. The molecule has 0 aromatic carbocycles. The predicted molar refractivity (Wildman–Crippen MR) is 76.8 cm³/mol. The Labute approximate surface area is 120 Å². The molecule has 1 saturated heterocycles. The van der Waals surface area contributed by atoms with Crippen molar-refractivity contribution in [1.82, 2.24) is 4.90 Å². The maximum absolute atomic E-state index is 11.7. The van der Waals surface area contributed by atoms with Crippen LogP contribution in [0.15, 0.2) is 15.9 Å². The van der Waals surface area contributed by atoms with Crippen LogP contribution in [0.5, 0.6) is 0 Å². The minimum Gasteiger partial charge on any atom is -0.466 e. The van der Waals surface area contributed by atoms with E-state index in [9.17, 15) is 4.79 Å². The summed E-state index contributed by atoms with van der Waals surface area (Å²) in [6.07, 6.45) is 2.92. The predicted octanol–water partition coefficient (Wildman–Crippen LogP) is 3.60. The fourth-order valence-corrected chi connectivity index (χ4v) is 3.91. The van der Waals surface area contributed by atoms with Gasteiger partial charge >= 0.3 is 5.97 Å². The molecule has 0 spiro atoms. The van der Waals surface area contributed by atoms with Gasteiger partial charge in [0.2, 0.25) is 0 Å². The summed E-state index contributed by atoms with van der Waals surface area (Å²) in [6, 6.07) is 4.34. The summed E-state index contributed by atoms with van der Waals surface area (Å²) < 4.78 is 6.20. The first-order valence-corrected chi connectivity index (χ1v) is 7.96. The molecule has 5 heteroatoms. The maximum atomic E-state index is 11.7. The topological polar surface area (TPSA) is 29.5 Å². The normalized spacial score (nSPS) is 17.9. The minimum absolute atomic E-state index is 0.0982. The fraction of sp³-hybridized carbons (Fsp3) is 0.615. The second-order valence-corrected chi connectivity index (χ2v) is 6.90. The SMILES string of the molecule is CCOC(=O)CC(c1ccc(Br)s1)N1CCCC1. The number of ether oxygens (including phenoxy) is 1. The number of nitrogens with zero attached hydrogens (tertiary/aromatic N) is 1. The fourth-order valence-electron chi connectivity index (χ4n) is 2.35. The van der Waals surface area contributed by atoms with Crippen LogP contribution in [0, 0.1) is 0 Å². The Kier molecular flexibility index (Phi) is 5.21. The summed E-state index contributed by atoms with van der Waals surface area (Å²) in [4.78, 5) is 15.4. The van der Waals surface area contributed by atoms with Crippen LogP contribution in [0.3, 0.4) is 0 Å². The molecule has 18 heavy (non-hydrogen) atoms. The molecule has 0 bridgehead atoms. The molecule has 1 aromatic heterocycles. The quantitative estimate of drug-likeness (QED) is 0.772. The molecule has 3 nitrogen and oxygen atoms in total. The molecule has 0 saturated carbocycles. The number of carbonyl (C=O) groups excluding carboxylic acids is 1. The molecule has 1 aliphatic rings. The van der Waals surface area contributed by atoms with Crippen molar-refractivity contribution in [2.75, 3.05) is 19.7 Å². The number of esters is 1. The van der Waals surface area contributed by atoms with E-state index in [2.05, 4.69) is 26.9 Å². The molecular formula is C13H18BrNO2S. The van der Waals surface area contributed by atoms with Gasteiger partial charge in [-0.25, -0.2) is 0 Å². The maximum Gasteiger partial charge on any atom is 0.307 e. The Morgan fingerprint density at radius 2 is 2.22 bits per heavy atom. The number of hydrogen-bond donors (Lipinski definition) is 0. The van der Waals surface area contributed by atoms with Crippen molar-refractivity contribution >= 4 is 33.2 Å². The summed E-state index contributed by atoms with van der Waals surface area (Å²) >= 11 is 5.20. The van der Waals surface area contributed by atoms with E-state index in [-0.39, 0.29) is 12.0 Å². The van der Waals surface area contributed by atoms with Crippen LogP contribution >= 0.6 is 27.3 Å². The van der Waals surface area contributed by atoms with E-state index >= 15 is 0 Å². The molecule has 2 rings (SSSR count). The summed E-state index contributed by atoms with van der Waals surface area (Å²) in [7, 11) is 0. The molecule has 2 heterocycles. The third-order valence-corrected chi connectivity index (χ3v) is 4.89. The third-order valence-electron chi connectivity index (χ3n) is 3.17. The lowest BCUT2D eigenvalue weighted by Crippen LogP contribution is -2.27. The van der Waals surface area contributed by atoms with Crippen LogP contribution in [0.4, 0.5) is 0 Å². The second kappa shape index (κ2) is 6.68. The highest BCUT2D eigenvalue weighted by atomic mass is 79.9. The van der Waals surface area contributed by atoms with E-state index < -0.39 is 0 Å². The van der Waals surface area contributed by atoms with E-state index in [4.69, 9.17) is 4.74 Å². The molecule has 1 atom stereocenters. The van der Waals surface area contributed by atoms with Gasteiger partial charge in [0, 0.05) is 4.88 Å². The van der Waals surface area contributed by atoms with Crippen LogP contribution in [-0.4, -0.2) is 30.6 Å². The number of thiophene rings is 1. The average Bonchev–Trinajstić information content (AvgIpc) is 2.97. The van der Waals surface area contributed by atoms with Crippen LogP contribution < -0.4 is 0 Å². The van der Waals surface area contributed by atoms with Crippen molar-refractivity contribution in [3.63, 3.8) is 0 Å². The first kappa shape index (κ1) is 14.0. The van der Waals surface area contributed by atoms with Gasteiger partial charge in [0.25, 0.3) is 0 Å². The van der Waals surface area contributed by atoms with Gasteiger partial charge in [-0.3, -0.25) is 9.69 Å². The summed E-state index contributed by atoms with van der Waals surface area (Å²) in [5.74, 6) is -0.0982. The molecule has 0 amide bonds. The van der Waals surface area contributed by atoms with Crippen LogP contribution in [0.1, 0.15) is 37.1 Å². The standard InChI is InChI=1S/C13H18BrNO2S/c1-2-17-13(16)9-10(15-7-3-4-8-15)11-5-6-12(14)18-11/h5-6,10H,2-4,7-9H2,1H3. The zero-order valence-corrected chi connectivity index (χ0v) is 12.9. The van der Waals surface area contributed by atoms with Gasteiger partial charge in [-0.05, 0) is 60.9 Å². The molecular weight excluding hydrogens is 314 g/mol. The Bertz CT molecular complexity index is 401. The van der Waals surface area contributed by atoms with Gasteiger partial charge in [0.15, 0.2) is 0 Å². The number of rotatable bonds is 5. The minimum atomic E-state index is -0.0982. The van der Waals surface area contributed by atoms with Gasteiger partial charge in [0.05, 0.1) is 22.9 Å². The van der Waals surface area contributed by atoms with E-state index in [0.29, 0.717) is 13.0 Å². The van der Waals surface area contributed by atoms with Crippen molar-refractivity contribution in [3.8, 4) is 0 Å². The lowest BCUT2D eigenvalue weighted by Gasteiger charge is -2.25. The third kappa shape index (κ3) is 3.56. The van der Waals surface area contributed by atoms with Crippen LogP contribution in [0.25, 0.3) is 0 Å². The summed E-state index contributed by atoms with van der Waals surface area (Å²) in [5.41, 5.74) is 0. The lowest BCUT2D eigenvalue weighted by molar-refractivity contribution is -0.144. The highest BCUT2D eigenvalue weighted by molar-refractivity contribution is 9.11. The van der Waals surface area contributed by atoms with Gasteiger partial charge in [-0.1, -0.05) is 0 Å². The first-order valence-electron chi connectivity index (χ1n) is 6.35. The summed E-state index contributed by atoms with van der Waals surface area (Å²) in [6.45, 7) is 4.48. The van der Waals surface area contributed by atoms with Gasteiger partial charge in [-0.2, -0.15) is 0 Å². The van der Waals surface area contributed by atoms with E-state index in [1.54, 1.807) is 11.3 Å². The highest BCUT2D eigenvalue weighted by Crippen LogP contribution is 2.34. The van der Waals surface area contributed by atoms with Gasteiger partial charge < -0.3 is 4.74 Å². The van der Waals surface area contributed by atoms with Crippen LogP contribution in [-0.2, 0) is 9.53 Å².